The minimum atomic E-state index is 0.0212. The number of nitrogens with one attached hydrogen (secondary N) is 1. The van der Waals surface area contributed by atoms with Gasteiger partial charge in [0.25, 0.3) is 0 Å². The molecule has 0 amide bonds. The largest absolute Gasteiger partial charge is 0.465 e. The van der Waals surface area contributed by atoms with Crippen LogP contribution in [0.2, 0.25) is 0 Å². The number of unbranched alkanes of at least 4 members (excludes halogenated alkanes) is 22. The van der Waals surface area contributed by atoms with Crippen LogP contribution in [0.5, 0.6) is 0 Å². The SMILES string of the molecule is CCCCC/C=C\CC(CCCCCC)C(=O)OCCCCCCCCNN(CCCCCCCCOC(=O)C(C/C=C\CCCCC)CCCCCC)CCN(C)C. The first-order chi connectivity index (χ1) is 28.9. The maximum absolute atomic E-state index is 12.9. The normalized spacial score (nSPS) is 13.0. The van der Waals surface area contributed by atoms with E-state index in [4.69, 9.17) is 9.47 Å². The number of hydrazine groups is 1. The number of esters is 2. The summed E-state index contributed by atoms with van der Waals surface area (Å²) in [6.45, 7) is 14.3. The molecule has 0 bridgehead atoms. The van der Waals surface area contributed by atoms with Crippen LogP contribution in [0.3, 0.4) is 0 Å². The summed E-state index contributed by atoms with van der Waals surface area (Å²) in [5, 5.41) is 2.44. The lowest BCUT2D eigenvalue weighted by Gasteiger charge is -2.25. The summed E-state index contributed by atoms with van der Waals surface area (Å²) in [5.74, 6) is 0.0870. The molecule has 0 spiro atoms. The van der Waals surface area contributed by atoms with E-state index in [1.807, 2.05) is 0 Å². The number of rotatable bonds is 46. The molecule has 7 nitrogen and oxygen atoms in total. The number of carbonyl (C=O) groups is 2. The van der Waals surface area contributed by atoms with Crippen molar-refractivity contribution in [3.05, 3.63) is 24.3 Å². The third-order valence-electron chi connectivity index (χ3n) is 11.6. The van der Waals surface area contributed by atoms with E-state index in [2.05, 4.69) is 81.4 Å². The molecule has 2 unspecified atom stereocenters. The number of ether oxygens (including phenoxy) is 2. The number of likely N-dealkylation sites (N-methyl/N-ethyl adjacent to an activating group) is 1. The van der Waals surface area contributed by atoms with E-state index in [9.17, 15) is 9.59 Å². The third kappa shape index (κ3) is 40.2. The van der Waals surface area contributed by atoms with E-state index >= 15 is 0 Å². The highest BCUT2D eigenvalue weighted by atomic mass is 16.5. The van der Waals surface area contributed by atoms with E-state index < -0.39 is 0 Å². The van der Waals surface area contributed by atoms with Crippen LogP contribution < -0.4 is 5.43 Å². The Balaban J connectivity index is 4.22. The molecule has 0 rings (SSSR count). The van der Waals surface area contributed by atoms with Gasteiger partial charge in [0.2, 0.25) is 0 Å². The van der Waals surface area contributed by atoms with Gasteiger partial charge in [-0.1, -0.05) is 180 Å². The molecule has 7 heteroatoms. The van der Waals surface area contributed by atoms with Crippen LogP contribution in [-0.2, 0) is 19.1 Å². The van der Waals surface area contributed by atoms with Crippen LogP contribution in [-0.4, -0.2) is 75.3 Å². The molecule has 0 aromatic rings. The summed E-state index contributed by atoms with van der Waals surface area (Å²) < 4.78 is 11.6. The highest BCUT2D eigenvalue weighted by Crippen LogP contribution is 2.20. The highest BCUT2D eigenvalue weighted by molar-refractivity contribution is 5.73. The maximum Gasteiger partial charge on any atom is 0.309 e. The molecule has 0 aromatic carbocycles. The van der Waals surface area contributed by atoms with Gasteiger partial charge in [-0.15, -0.1) is 0 Å². The molecule has 0 aromatic heterocycles. The molecule has 0 aliphatic rings. The van der Waals surface area contributed by atoms with Gasteiger partial charge < -0.3 is 14.4 Å². The molecule has 348 valence electrons. The van der Waals surface area contributed by atoms with Crippen molar-refractivity contribution in [3.63, 3.8) is 0 Å². The van der Waals surface area contributed by atoms with Gasteiger partial charge in [-0.3, -0.25) is 15.0 Å². The number of hydrogen-bond donors (Lipinski definition) is 1. The van der Waals surface area contributed by atoms with E-state index in [-0.39, 0.29) is 23.8 Å². The Morgan fingerprint density at radius 3 is 1.32 bits per heavy atom. The highest BCUT2D eigenvalue weighted by Gasteiger charge is 2.19. The summed E-state index contributed by atoms with van der Waals surface area (Å²) in [6.07, 6.45) is 46.0. The Morgan fingerprint density at radius 2 is 0.864 bits per heavy atom. The van der Waals surface area contributed by atoms with Gasteiger partial charge in [-0.25, -0.2) is 5.01 Å². The molecule has 0 aliphatic heterocycles. The van der Waals surface area contributed by atoms with Crippen molar-refractivity contribution < 1.29 is 19.1 Å². The zero-order valence-corrected chi connectivity index (χ0v) is 40.4. The molecular formula is C52H101N3O4. The molecule has 0 saturated heterocycles. The molecule has 0 saturated carbocycles. The van der Waals surface area contributed by atoms with E-state index in [0.717, 1.165) is 103 Å². The fraction of sp³-hybridized carbons (Fsp3) is 0.885. The number of allylic oxidation sites excluding steroid dienone is 4. The fourth-order valence-corrected chi connectivity index (χ4v) is 7.53. The monoisotopic (exact) mass is 832 g/mol. The van der Waals surface area contributed by atoms with Crippen molar-refractivity contribution in [2.24, 2.45) is 11.8 Å². The van der Waals surface area contributed by atoms with Gasteiger partial charge in [-0.05, 0) is 91.1 Å². The van der Waals surface area contributed by atoms with Crippen LogP contribution >= 0.6 is 0 Å². The molecule has 0 aliphatic carbocycles. The molecule has 0 heterocycles. The van der Waals surface area contributed by atoms with E-state index in [1.165, 1.54) is 128 Å². The summed E-state index contributed by atoms with van der Waals surface area (Å²) in [7, 11) is 4.30. The summed E-state index contributed by atoms with van der Waals surface area (Å²) >= 11 is 0. The lowest BCUT2D eigenvalue weighted by atomic mass is 9.97. The maximum atomic E-state index is 12.9. The zero-order valence-electron chi connectivity index (χ0n) is 40.4. The second-order valence-electron chi connectivity index (χ2n) is 17.8. The Hall–Kier alpha value is -1.70. The van der Waals surface area contributed by atoms with Crippen LogP contribution in [0.25, 0.3) is 0 Å². The third-order valence-corrected chi connectivity index (χ3v) is 11.6. The molecule has 59 heavy (non-hydrogen) atoms. The standard InChI is InChI=1S/C52H101N3O4/c1-7-11-15-19-25-33-41-49(39-31-17-13-9-3)51(56)58-47-37-29-23-21-27-35-43-53-55(46-45-54(5)6)44-36-28-22-24-30-38-48-59-52(57)50(40-32-18-14-10-4)42-34-26-20-16-12-8-2/h25-26,33-34,49-50,53H,7-24,27-32,35-48H2,1-6H3/b33-25-,34-26-. The first-order valence-corrected chi connectivity index (χ1v) is 25.7. The summed E-state index contributed by atoms with van der Waals surface area (Å²) in [5.41, 5.74) is 3.73. The minimum absolute atomic E-state index is 0.0212. The molecule has 0 fully saturated rings. The smallest absolute Gasteiger partial charge is 0.309 e. The van der Waals surface area contributed by atoms with Crippen molar-refractivity contribution in [2.75, 3.05) is 53.5 Å². The fourth-order valence-electron chi connectivity index (χ4n) is 7.53. The predicted molar refractivity (Wildman–Crippen MR) is 256 cm³/mol. The van der Waals surface area contributed by atoms with Gasteiger partial charge in [0.05, 0.1) is 25.0 Å². The van der Waals surface area contributed by atoms with Gasteiger partial charge >= 0.3 is 11.9 Å². The Bertz CT molecular complexity index is 954. The average Bonchev–Trinajstić information content (AvgIpc) is 3.23. The quantitative estimate of drug-likeness (QED) is 0.0283. The zero-order chi connectivity index (χ0) is 43.3. The van der Waals surface area contributed by atoms with Crippen LogP contribution in [0.4, 0.5) is 0 Å². The van der Waals surface area contributed by atoms with E-state index in [0.29, 0.717) is 13.2 Å². The topological polar surface area (TPSA) is 71.1 Å². The first-order valence-electron chi connectivity index (χ1n) is 25.7. The number of nitrogens with zero attached hydrogens (tertiary/aromatic N) is 2. The van der Waals surface area contributed by atoms with Gasteiger partial charge in [0, 0.05) is 26.2 Å². The minimum Gasteiger partial charge on any atom is -0.465 e. The van der Waals surface area contributed by atoms with Crippen molar-refractivity contribution in [1.82, 2.24) is 15.3 Å². The van der Waals surface area contributed by atoms with Crippen molar-refractivity contribution in [1.29, 1.82) is 0 Å². The lowest BCUT2D eigenvalue weighted by Crippen LogP contribution is -2.43. The predicted octanol–water partition coefficient (Wildman–Crippen LogP) is 14.3. The van der Waals surface area contributed by atoms with Crippen LogP contribution in [0.1, 0.15) is 233 Å². The van der Waals surface area contributed by atoms with Gasteiger partial charge in [0.1, 0.15) is 0 Å². The molecule has 1 N–H and O–H groups in total. The van der Waals surface area contributed by atoms with Crippen molar-refractivity contribution >= 4 is 11.9 Å². The van der Waals surface area contributed by atoms with Crippen molar-refractivity contribution in [2.45, 2.75) is 233 Å². The van der Waals surface area contributed by atoms with Crippen molar-refractivity contribution in [3.8, 4) is 0 Å². The van der Waals surface area contributed by atoms with Crippen LogP contribution in [0, 0.1) is 11.8 Å². The summed E-state index contributed by atoms with van der Waals surface area (Å²) in [4.78, 5) is 28.1. The van der Waals surface area contributed by atoms with E-state index in [1.54, 1.807) is 0 Å². The number of hydrogen-bond acceptors (Lipinski definition) is 7. The van der Waals surface area contributed by atoms with Gasteiger partial charge in [-0.2, -0.15) is 0 Å². The lowest BCUT2D eigenvalue weighted by molar-refractivity contribution is -0.149. The second-order valence-corrected chi connectivity index (χ2v) is 17.8. The molecule has 0 radical (unpaired) electrons. The molecule has 2 atom stereocenters. The van der Waals surface area contributed by atoms with Gasteiger partial charge in [0.15, 0.2) is 0 Å². The Kier molecular flexibility index (Phi) is 44.5. The Labute approximate surface area is 368 Å². The Morgan fingerprint density at radius 1 is 0.458 bits per heavy atom. The van der Waals surface area contributed by atoms with Crippen LogP contribution in [0.15, 0.2) is 24.3 Å². The molecular weight excluding hydrogens is 731 g/mol. The summed E-state index contributed by atoms with van der Waals surface area (Å²) in [6, 6.07) is 0. The first kappa shape index (κ1) is 57.3. The second kappa shape index (κ2) is 45.8. The average molecular weight is 832 g/mol. The number of carbonyl (C=O) groups excluding carboxylic acids is 2.